The summed E-state index contributed by atoms with van der Waals surface area (Å²) in [5.74, 6) is 0.564. The molecule has 1 aromatic rings. The fourth-order valence-corrected chi connectivity index (χ4v) is 1.37. The first-order chi connectivity index (χ1) is 8.77. The summed E-state index contributed by atoms with van der Waals surface area (Å²) in [4.78, 5) is 15.8. The van der Waals surface area contributed by atoms with Gasteiger partial charge in [-0.15, -0.1) is 6.58 Å². The number of amides is 1. The average Bonchev–Trinajstić information content (AvgIpc) is 2.41. The molecule has 98 valence electrons. The molecule has 0 aromatic carbocycles. The molecule has 18 heavy (non-hydrogen) atoms. The third-order valence-corrected chi connectivity index (χ3v) is 2.26. The fraction of sp³-hybridized carbons (Fsp3) is 0.385. The van der Waals surface area contributed by atoms with Crippen LogP contribution in [0.25, 0.3) is 0 Å². The van der Waals surface area contributed by atoms with Crippen LogP contribution >= 0.6 is 0 Å². The highest BCUT2D eigenvalue weighted by atomic mass is 16.5. The third kappa shape index (κ3) is 4.97. The molecule has 0 aliphatic heterocycles. The molecule has 0 saturated carbocycles. The molecule has 1 amide bonds. The molecule has 1 rings (SSSR count). The maximum atomic E-state index is 11.7. The van der Waals surface area contributed by atoms with E-state index in [1.807, 2.05) is 0 Å². The van der Waals surface area contributed by atoms with Gasteiger partial charge in [-0.2, -0.15) is 0 Å². The summed E-state index contributed by atoms with van der Waals surface area (Å²) in [5, 5.41) is 5.86. The van der Waals surface area contributed by atoms with Gasteiger partial charge < -0.3 is 15.4 Å². The standard InChI is InChI=1S/C13H19N3O2/c1-3-6-16-13(17)11-5-8-15-12(10-11)14-7-4-9-18-2/h3,5,8,10H,1,4,6-7,9H2,2H3,(H,14,15)(H,16,17). The molecule has 0 bridgehead atoms. The zero-order valence-electron chi connectivity index (χ0n) is 10.6. The molecule has 0 spiro atoms. The summed E-state index contributed by atoms with van der Waals surface area (Å²) >= 11 is 0. The van der Waals surface area contributed by atoms with Crippen molar-refractivity contribution in [3.63, 3.8) is 0 Å². The molecule has 0 atom stereocenters. The Morgan fingerprint density at radius 2 is 2.44 bits per heavy atom. The highest BCUT2D eigenvalue weighted by Gasteiger charge is 2.05. The normalized spacial score (nSPS) is 9.83. The maximum absolute atomic E-state index is 11.7. The molecule has 1 heterocycles. The minimum atomic E-state index is -0.128. The number of aromatic nitrogens is 1. The lowest BCUT2D eigenvalue weighted by Gasteiger charge is -2.07. The first kappa shape index (κ1) is 14.2. The second-order valence-corrected chi connectivity index (χ2v) is 3.70. The summed E-state index contributed by atoms with van der Waals surface area (Å²) in [6.45, 7) is 5.47. The van der Waals surface area contributed by atoms with E-state index >= 15 is 0 Å². The van der Waals surface area contributed by atoms with Crippen LogP contribution in [0.2, 0.25) is 0 Å². The molecule has 5 heteroatoms. The first-order valence-electron chi connectivity index (χ1n) is 5.86. The third-order valence-electron chi connectivity index (χ3n) is 2.26. The van der Waals surface area contributed by atoms with Crippen LogP contribution in [0, 0.1) is 0 Å². The SMILES string of the molecule is C=CCNC(=O)c1ccnc(NCCCOC)c1. The van der Waals surface area contributed by atoms with Gasteiger partial charge in [-0.05, 0) is 18.6 Å². The monoisotopic (exact) mass is 249 g/mol. The average molecular weight is 249 g/mol. The number of carbonyl (C=O) groups is 1. The van der Waals surface area contributed by atoms with Crippen molar-refractivity contribution in [2.75, 3.05) is 32.1 Å². The largest absolute Gasteiger partial charge is 0.385 e. The molecule has 0 saturated heterocycles. The van der Waals surface area contributed by atoms with Gasteiger partial charge in [0.05, 0.1) is 0 Å². The Bertz CT molecular complexity index is 394. The molecular formula is C13H19N3O2. The number of rotatable bonds is 8. The van der Waals surface area contributed by atoms with Crippen LogP contribution < -0.4 is 10.6 Å². The molecular weight excluding hydrogens is 230 g/mol. The quantitative estimate of drug-likeness (QED) is 0.540. The van der Waals surface area contributed by atoms with Crippen molar-refractivity contribution >= 4 is 11.7 Å². The van der Waals surface area contributed by atoms with Crippen LogP contribution in [0.5, 0.6) is 0 Å². The van der Waals surface area contributed by atoms with Crippen molar-refractivity contribution in [1.82, 2.24) is 10.3 Å². The number of anilines is 1. The van der Waals surface area contributed by atoms with Crippen molar-refractivity contribution in [2.24, 2.45) is 0 Å². The topological polar surface area (TPSA) is 63.2 Å². The second-order valence-electron chi connectivity index (χ2n) is 3.70. The Balaban J connectivity index is 2.50. The molecule has 0 aliphatic rings. The van der Waals surface area contributed by atoms with Gasteiger partial charge in [-0.1, -0.05) is 6.08 Å². The molecule has 2 N–H and O–H groups in total. The second kappa shape index (κ2) is 8.25. The van der Waals surface area contributed by atoms with E-state index in [0.717, 1.165) is 13.0 Å². The summed E-state index contributed by atoms with van der Waals surface area (Å²) in [6.07, 6.45) is 4.15. The van der Waals surface area contributed by atoms with Crippen molar-refractivity contribution in [3.05, 3.63) is 36.5 Å². The number of hydrogen-bond acceptors (Lipinski definition) is 4. The fourth-order valence-electron chi connectivity index (χ4n) is 1.37. The molecule has 0 aliphatic carbocycles. The number of carbonyl (C=O) groups excluding carboxylic acids is 1. The van der Waals surface area contributed by atoms with E-state index in [-0.39, 0.29) is 5.91 Å². The van der Waals surface area contributed by atoms with Gasteiger partial charge in [0, 0.05) is 38.6 Å². The number of hydrogen-bond donors (Lipinski definition) is 2. The smallest absolute Gasteiger partial charge is 0.251 e. The molecule has 0 fully saturated rings. The number of nitrogens with zero attached hydrogens (tertiary/aromatic N) is 1. The van der Waals surface area contributed by atoms with E-state index in [1.165, 1.54) is 0 Å². The van der Waals surface area contributed by atoms with Crippen LogP contribution in [-0.2, 0) is 4.74 Å². The predicted molar refractivity (Wildman–Crippen MR) is 71.7 cm³/mol. The Kier molecular flexibility index (Phi) is 6.50. The molecule has 5 nitrogen and oxygen atoms in total. The first-order valence-corrected chi connectivity index (χ1v) is 5.86. The summed E-state index contributed by atoms with van der Waals surface area (Å²) < 4.78 is 4.95. The lowest BCUT2D eigenvalue weighted by atomic mass is 10.2. The predicted octanol–water partition coefficient (Wildman–Crippen LogP) is 1.45. The van der Waals surface area contributed by atoms with E-state index in [2.05, 4.69) is 22.2 Å². The number of nitrogens with one attached hydrogen (secondary N) is 2. The van der Waals surface area contributed by atoms with Gasteiger partial charge in [0.1, 0.15) is 5.82 Å². The van der Waals surface area contributed by atoms with E-state index in [4.69, 9.17) is 4.74 Å². The summed E-state index contributed by atoms with van der Waals surface area (Å²) in [7, 11) is 1.67. The minimum absolute atomic E-state index is 0.128. The summed E-state index contributed by atoms with van der Waals surface area (Å²) in [5.41, 5.74) is 0.584. The van der Waals surface area contributed by atoms with Crippen molar-refractivity contribution in [1.29, 1.82) is 0 Å². The number of methoxy groups -OCH3 is 1. The van der Waals surface area contributed by atoms with Crippen LogP contribution in [0.4, 0.5) is 5.82 Å². The minimum Gasteiger partial charge on any atom is -0.385 e. The zero-order valence-corrected chi connectivity index (χ0v) is 10.6. The Labute approximate surface area is 107 Å². The van der Waals surface area contributed by atoms with E-state index < -0.39 is 0 Å². The van der Waals surface area contributed by atoms with Gasteiger partial charge in [0.2, 0.25) is 0 Å². The van der Waals surface area contributed by atoms with Crippen molar-refractivity contribution in [2.45, 2.75) is 6.42 Å². The van der Waals surface area contributed by atoms with E-state index in [1.54, 1.807) is 31.5 Å². The van der Waals surface area contributed by atoms with Crippen LogP contribution in [0.1, 0.15) is 16.8 Å². The van der Waals surface area contributed by atoms with Gasteiger partial charge in [-0.3, -0.25) is 4.79 Å². The highest BCUT2D eigenvalue weighted by Crippen LogP contribution is 2.06. The van der Waals surface area contributed by atoms with Crippen LogP contribution in [0.15, 0.2) is 31.0 Å². The van der Waals surface area contributed by atoms with Crippen LogP contribution in [0.3, 0.4) is 0 Å². The number of ether oxygens (including phenoxy) is 1. The van der Waals surface area contributed by atoms with E-state index in [9.17, 15) is 4.79 Å². The van der Waals surface area contributed by atoms with Gasteiger partial charge in [-0.25, -0.2) is 4.98 Å². The molecule has 0 unspecified atom stereocenters. The Hall–Kier alpha value is -1.88. The molecule has 0 radical (unpaired) electrons. The summed E-state index contributed by atoms with van der Waals surface area (Å²) in [6, 6.07) is 3.41. The van der Waals surface area contributed by atoms with E-state index in [0.29, 0.717) is 24.5 Å². The van der Waals surface area contributed by atoms with Gasteiger partial charge >= 0.3 is 0 Å². The number of pyridine rings is 1. The lowest BCUT2D eigenvalue weighted by Crippen LogP contribution is -2.23. The van der Waals surface area contributed by atoms with Crippen LogP contribution in [-0.4, -0.2) is 37.7 Å². The van der Waals surface area contributed by atoms with Gasteiger partial charge in [0.25, 0.3) is 5.91 Å². The van der Waals surface area contributed by atoms with Gasteiger partial charge in [0.15, 0.2) is 0 Å². The van der Waals surface area contributed by atoms with Crippen molar-refractivity contribution in [3.8, 4) is 0 Å². The van der Waals surface area contributed by atoms with Crippen molar-refractivity contribution < 1.29 is 9.53 Å². The zero-order chi connectivity index (χ0) is 13.2. The Morgan fingerprint density at radius 1 is 1.61 bits per heavy atom. The molecule has 1 aromatic heterocycles. The maximum Gasteiger partial charge on any atom is 0.251 e. The lowest BCUT2D eigenvalue weighted by molar-refractivity contribution is 0.0958. The highest BCUT2D eigenvalue weighted by molar-refractivity contribution is 5.94. The Morgan fingerprint density at radius 3 is 3.17 bits per heavy atom.